The van der Waals surface area contributed by atoms with E-state index in [2.05, 4.69) is 0 Å². The molecule has 0 radical (unpaired) electrons. The highest BCUT2D eigenvalue weighted by Gasteiger charge is 2.25. The summed E-state index contributed by atoms with van der Waals surface area (Å²) in [5, 5.41) is 13.3. The maximum absolute atomic E-state index is 10.6. The summed E-state index contributed by atoms with van der Waals surface area (Å²) in [6.07, 6.45) is 2.44. The zero-order valence-corrected chi connectivity index (χ0v) is 11.4. The Morgan fingerprint density at radius 2 is 1.89 bits per heavy atom. The van der Waals surface area contributed by atoms with E-state index in [1.807, 2.05) is 36.4 Å². The van der Waals surface area contributed by atoms with Crippen LogP contribution in [0.4, 0.5) is 0 Å². The zero-order valence-electron chi connectivity index (χ0n) is 10.7. The van der Waals surface area contributed by atoms with Crippen LogP contribution in [0.1, 0.15) is 30.9 Å². The predicted molar refractivity (Wildman–Crippen MR) is 77.5 cm³/mol. The van der Waals surface area contributed by atoms with E-state index in [1.54, 1.807) is 0 Å². The minimum absolute atomic E-state index is 0.0988. The van der Waals surface area contributed by atoms with Crippen molar-refractivity contribution in [2.75, 3.05) is 6.61 Å². The van der Waals surface area contributed by atoms with Gasteiger partial charge in [0.15, 0.2) is 0 Å². The molecule has 2 aromatic rings. The number of halogens is 1. The smallest absolute Gasteiger partial charge is 0.106 e. The van der Waals surface area contributed by atoms with Crippen molar-refractivity contribution >= 4 is 22.4 Å². The molecule has 19 heavy (non-hydrogen) atoms. The molecule has 0 spiro atoms. The lowest BCUT2D eigenvalue weighted by Crippen LogP contribution is -2.26. The molecular weight excluding hydrogens is 260 g/mol. The van der Waals surface area contributed by atoms with E-state index < -0.39 is 6.10 Å². The van der Waals surface area contributed by atoms with Crippen molar-refractivity contribution in [3.8, 4) is 0 Å². The van der Waals surface area contributed by atoms with Gasteiger partial charge in [0.25, 0.3) is 0 Å². The van der Waals surface area contributed by atoms with Gasteiger partial charge in [-0.25, -0.2) is 0 Å². The Kier molecular flexibility index (Phi) is 3.74. The molecule has 2 nitrogen and oxygen atoms in total. The van der Waals surface area contributed by atoms with Crippen molar-refractivity contribution in [2.45, 2.75) is 31.5 Å². The van der Waals surface area contributed by atoms with Gasteiger partial charge in [-0.2, -0.15) is 0 Å². The van der Waals surface area contributed by atoms with Crippen LogP contribution in [0.15, 0.2) is 36.4 Å². The summed E-state index contributed by atoms with van der Waals surface area (Å²) < 4.78 is 5.69. The third-order valence-corrected chi connectivity index (χ3v) is 4.12. The van der Waals surface area contributed by atoms with Crippen molar-refractivity contribution in [1.82, 2.24) is 0 Å². The molecule has 0 amide bonds. The standard InChI is InChI=1S/C16H17ClO2/c17-14-9-8-13(11-5-1-2-6-12(11)14)16(18)15-7-3-4-10-19-15/h1-2,5-6,8-9,15-16,18H,3-4,7,10H2. The quantitative estimate of drug-likeness (QED) is 0.895. The fourth-order valence-electron chi connectivity index (χ4n) is 2.76. The van der Waals surface area contributed by atoms with Gasteiger partial charge in [-0.05, 0) is 36.3 Å². The van der Waals surface area contributed by atoms with E-state index in [-0.39, 0.29) is 6.10 Å². The maximum Gasteiger partial charge on any atom is 0.106 e. The number of rotatable bonds is 2. The van der Waals surface area contributed by atoms with Crippen molar-refractivity contribution < 1.29 is 9.84 Å². The highest BCUT2D eigenvalue weighted by molar-refractivity contribution is 6.35. The van der Waals surface area contributed by atoms with E-state index in [0.29, 0.717) is 0 Å². The van der Waals surface area contributed by atoms with Gasteiger partial charge in [-0.15, -0.1) is 0 Å². The molecule has 1 heterocycles. The Hall–Kier alpha value is -1.09. The monoisotopic (exact) mass is 276 g/mol. The number of fused-ring (bicyclic) bond motifs is 1. The molecular formula is C16H17ClO2. The van der Waals surface area contributed by atoms with E-state index in [1.165, 1.54) is 0 Å². The van der Waals surface area contributed by atoms with Gasteiger partial charge in [0.05, 0.1) is 6.10 Å². The average molecular weight is 277 g/mol. The molecule has 100 valence electrons. The first-order valence-electron chi connectivity index (χ1n) is 6.74. The van der Waals surface area contributed by atoms with Gasteiger partial charge < -0.3 is 9.84 Å². The van der Waals surface area contributed by atoms with Crippen LogP contribution in [-0.2, 0) is 4.74 Å². The summed E-state index contributed by atoms with van der Waals surface area (Å²) in [5.74, 6) is 0. The molecule has 0 aromatic heterocycles. The number of hydrogen-bond acceptors (Lipinski definition) is 2. The van der Waals surface area contributed by atoms with Crippen LogP contribution < -0.4 is 0 Å². The summed E-state index contributed by atoms with van der Waals surface area (Å²) in [6.45, 7) is 0.743. The second-order valence-corrected chi connectivity index (χ2v) is 5.44. The fourth-order valence-corrected chi connectivity index (χ4v) is 2.99. The van der Waals surface area contributed by atoms with Crippen LogP contribution >= 0.6 is 11.6 Å². The summed E-state index contributed by atoms with van der Waals surface area (Å²) in [4.78, 5) is 0. The van der Waals surface area contributed by atoms with E-state index in [9.17, 15) is 5.11 Å². The maximum atomic E-state index is 10.6. The molecule has 0 saturated carbocycles. The number of aliphatic hydroxyl groups is 1. The summed E-state index contributed by atoms with van der Waals surface area (Å²) in [6, 6.07) is 11.7. The lowest BCUT2D eigenvalue weighted by molar-refractivity contribution is -0.0628. The van der Waals surface area contributed by atoms with Gasteiger partial charge in [-0.3, -0.25) is 0 Å². The Balaban J connectivity index is 2.02. The van der Waals surface area contributed by atoms with Crippen LogP contribution in [0, 0.1) is 0 Å². The van der Waals surface area contributed by atoms with Crippen LogP contribution in [-0.4, -0.2) is 17.8 Å². The third-order valence-electron chi connectivity index (χ3n) is 3.79. The molecule has 1 aliphatic rings. The van der Waals surface area contributed by atoms with E-state index in [4.69, 9.17) is 16.3 Å². The van der Waals surface area contributed by atoms with Crippen molar-refractivity contribution in [3.63, 3.8) is 0 Å². The Bertz CT molecular complexity index is 576. The zero-order chi connectivity index (χ0) is 13.2. The van der Waals surface area contributed by atoms with Gasteiger partial charge >= 0.3 is 0 Å². The first kappa shape index (κ1) is 12.9. The largest absolute Gasteiger partial charge is 0.386 e. The van der Waals surface area contributed by atoms with E-state index >= 15 is 0 Å². The van der Waals surface area contributed by atoms with Crippen molar-refractivity contribution in [2.24, 2.45) is 0 Å². The molecule has 3 heteroatoms. The van der Waals surface area contributed by atoms with E-state index in [0.717, 1.165) is 47.2 Å². The molecule has 1 saturated heterocycles. The van der Waals surface area contributed by atoms with Gasteiger partial charge in [0.1, 0.15) is 6.10 Å². The van der Waals surface area contributed by atoms with Gasteiger partial charge in [0, 0.05) is 17.0 Å². The highest BCUT2D eigenvalue weighted by atomic mass is 35.5. The molecule has 1 fully saturated rings. The lowest BCUT2D eigenvalue weighted by Gasteiger charge is -2.28. The molecule has 0 bridgehead atoms. The highest BCUT2D eigenvalue weighted by Crippen LogP contribution is 2.34. The minimum atomic E-state index is -0.581. The molecule has 2 atom stereocenters. The van der Waals surface area contributed by atoms with Gasteiger partial charge in [0.2, 0.25) is 0 Å². The van der Waals surface area contributed by atoms with Crippen LogP contribution in [0.5, 0.6) is 0 Å². The van der Waals surface area contributed by atoms with Crippen molar-refractivity contribution in [1.29, 1.82) is 0 Å². The number of hydrogen-bond donors (Lipinski definition) is 1. The van der Waals surface area contributed by atoms with Crippen LogP contribution in [0.25, 0.3) is 10.8 Å². The van der Waals surface area contributed by atoms with Crippen LogP contribution in [0.2, 0.25) is 5.02 Å². The first-order chi connectivity index (χ1) is 9.27. The summed E-state index contributed by atoms with van der Waals surface area (Å²) >= 11 is 6.21. The van der Waals surface area contributed by atoms with Crippen LogP contribution in [0.3, 0.4) is 0 Å². The summed E-state index contributed by atoms with van der Waals surface area (Å²) in [7, 11) is 0. The molecule has 2 unspecified atom stereocenters. The SMILES string of the molecule is OC(c1ccc(Cl)c2ccccc12)C1CCCCO1. The second-order valence-electron chi connectivity index (χ2n) is 5.03. The normalized spacial score (nSPS) is 21.5. The van der Waals surface area contributed by atoms with Gasteiger partial charge in [-0.1, -0.05) is 41.9 Å². The molecule has 1 N–H and O–H groups in total. The number of ether oxygens (including phenoxy) is 1. The van der Waals surface area contributed by atoms with Crippen molar-refractivity contribution in [3.05, 3.63) is 47.0 Å². The molecule has 2 aromatic carbocycles. The fraction of sp³-hybridized carbons (Fsp3) is 0.375. The Labute approximate surface area is 118 Å². The molecule has 1 aliphatic heterocycles. The predicted octanol–water partition coefficient (Wildman–Crippen LogP) is 4.10. The topological polar surface area (TPSA) is 29.5 Å². The first-order valence-corrected chi connectivity index (χ1v) is 7.12. The molecule has 3 rings (SSSR count). The third kappa shape index (κ3) is 2.48. The Morgan fingerprint density at radius 3 is 2.63 bits per heavy atom. The second kappa shape index (κ2) is 5.49. The summed E-state index contributed by atoms with van der Waals surface area (Å²) in [5.41, 5.74) is 0.909. The average Bonchev–Trinajstić information content (AvgIpc) is 2.48. The number of benzene rings is 2. The number of aliphatic hydroxyl groups excluding tert-OH is 1. The minimum Gasteiger partial charge on any atom is -0.386 e. The lowest BCUT2D eigenvalue weighted by atomic mass is 9.94. The Morgan fingerprint density at radius 1 is 1.11 bits per heavy atom. The molecule has 0 aliphatic carbocycles.